The van der Waals surface area contributed by atoms with E-state index in [9.17, 15) is 13.2 Å². The number of aromatic nitrogens is 4. The fourth-order valence-corrected chi connectivity index (χ4v) is 2.54. The van der Waals surface area contributed by atoms with Gasteiger partial charge in [-0.15, -0.1) is 0 Å². The molecule has 2 rings (SSSR count). The summed E-state index contributed by atoms with van der Waals surface area (Å²) in [5.41, 5.74) is -0.557. The molecule has 9 heteroatoms. The maximum atomic E-state index is 12.1. The van der Waals surface area contributed by atoms with E-state index < -0.39 is 15.5 Å². The first-order valence-corrected chi connectivity index (χ1v) is 6.43. The minimum Gasteiger partial charge on any atom is -0.366 e. The van der Waals surface area contributed by atoms with Crippen LogP contribution in [0.5, 0.6) is 0 Å². The Morgan fingerprint density at radius 2 is 2.22 bits per heavy atom. The van der Waals surface area contributed by atoms with Crippen LogP contribution in [0.3, 0.4) is 0 Å². The van der Waals surface area contributed by atoms with E-state index in [1.54, 1.807) is 0 Å². The highest BCUT2D eigenvalue weighted by atomic mass is 32.2. The highest BCUT2D eigenvalue weighted by Crippen LogP contribution is 2.10. The van der Waals surface area contributed by atoms with Crippen LogP contribution in [0.25, 0.3) is 0 Å². The minimum atomic E-state index is -3.84. The first-order chi connectivity index (χ1) is 8.51. The molecule has 18 heavy (non-hydrogen) atoms. The van der Waals surface area contributed by atoms with Gasteiger partial charge in [-0.2, -0.15) is 9.40 Å². The fourth-order valence-electron chi connectivity index (χ4n) is 1.37. The van der Waals surface area contributed by atoms with Gasteiger partial charge in [0, 0.05) is 25.5 Å². The Hall–Kier alpha value is -2.00. The molecule has 2 aromatic rings. The summed E-state index contributed by atoms with van der Waals surface area (Å²) in [6.45, 7) is 0.0106. The standard InChI is InChI=1S/C9H11N5O3S/c1-14(5-9-11-6-12-13-9)18(16,17)8-4-10-3-2-7(8)15/h2-4,6H,5H2,1H3,(H,10,15)(H,11,12,13). The van der Waals surface area contributed by atoms with E-state index in [1.165, 1.54) is 19.6 Å². The molecule has 2 N–H and O–H groups in total. The topological polar surface area (TPSA) is 112 Å². The van der Waals surface area contributed by atoms with E-state index in [0.717, 1.165) is 16.6 Å². The van der Waals surface area contributed by atoms with E-state index >= 15 is 0 Å². The zero-order chi connectivity index (χ0) is 13.2. The third-order valence-corrected chi connectivity index (χ3v) is 4.14. The number of aromatic amines is 2. The average molecular weight is 269 g/mol. The Morgan fingerprint density at radius 1 is 1.44 bits per heavy atom. The third kappa shape index (κ3) is 2.31. The van der Waals surface area contributed by atoms with Crippen LogP contribution in [0.4, 0.5) is 0 Å². The van der Waals surface area contributed by atoms with Gasteiger partial charge in [0.1, 0.15) is 17.0 Å². The second kappa shape index (κ2) is 4.70. The van der Waals surface area contributed by atoms with Crippen molar-refractivity contribution in [3.05, 3.63) is 40.8 Å². The minimum absolute atomic E-state index is 0.0106. The van der Waals surface area contributed by atoms with Gasteiger partial charge in [0.2, 0.25) is 15.5 Å². The largest absolute Gasteiger partial charge is 0.366 e. The van der Waals surface area contributed by atoms with Gasteiger partial charge in [-0.3, -0.25) is 9.89 Å². The van der Waals surface area contributed by atoms with Crippen LogP contribution in [0.1, 0.15) is 5.82 Å². The van der Waals surface area contributed by atoms with Crippen LogP contribution in [0.15, 0.2) is 34.5 Å². The molecule has 0 saturated heterocycles. The molecule has 8 nitrogen and oxygen atoms in total. The second-order valence-electron chi connectivity index (χ2n) is 3.57. The van der Waals surface area contributed by atoms with E-state index in [0.29, 0.717) is 5.82 Å². The molecule has 0 aliphatic carbocycles. The number of rotatable bonds is 4. The molecule has 0 atom stereocenters. The van der Waals surface area contributed by atoms with Crippen molar-refractivity contribution in [3.8, 4) is 0 Å². The van der Waals surface area contributed by atoms with Gasteiger partial charge in [-0.05, 0) is 0 Å². The summed E-state index contributed by atoms with van der Waals surface area (Å²) in [5, 5.41) is 6.18. The molecular weight excluding hydrogens is 258 g/mol. The van der Waals surface area contributed by atoms with Crippen LogP contribution >= 0.6 is 0 Å². The van der Waals surface area contributed by atoms with Crippen molar-refractivity contribution < 1.29 is 8.42 Å². The third-order valence-electron chi connectivity index (χ3n) is 2.31. The van der Waals surface area contributed by atoms with Gasteiger partial charge in [-0.25, -0.2) is 13.4 Å². The van der Waals surface area contributed by atoms with Crippen molar-refractivity contribution in [1.82, 2.24) is 24.5 Å². The fraction of sp³-hybridized carbons (Fsp3) is 0.222. The van der Waals surface area contributed by atoms with Crippen LogP contribution in [-0.4, -0.2) is 39.9 Å². The zero-order valence-corrected chi connectivity index (χ0v) is 10.3. The molecule has 2 aromatic heterocycles. The van der Waals surface area contributed by atoms with Crippen molar-refractivity contribution in [3.63, 3.8) is 0 Å². The molecule has 0 unspecified atom stereocenters. The van der Waals surface area contributed by atoms with Crippen LogP contribution in [-0.2, 0) is 16.6 Å². The summed E-state index contributed by atoms with van der Waals surface area (Å²) < 4.78 is 25.3. The molecule has 0 radical (unpaired) electrons. The van der Waals surface area contributed by atoms with E-state index in [2.05, 4.69) is 20.2 Å². The number of hydrogen-bond acceptors (Lipinski definition) is 5. The Morgan fingerprint density at radius 3 is 2.83 bits per heavy atom. The smallest absolute Gasteiger partial charge is 0.248 e. The molecule has 2 heterocycles. The van der Waals surface area contributed by atoms with Crippen molar-refractivity contribution in [2.75, 3.05) is 7.05 Å². The maximum absolute atomic E-state index is 12.1. The normalized spacial score (nSPS) is 11.9. The zero-order valence-electron chi connectivity index (χ0n) is 9.49. The van der Waals surface area contributed by atoms with Crippen LogP contribution in [0, 0.1) is 0 Å². The summed E-state index contributed by atoms with van der Waals surface area (Å²) in [4.78, 5) is 17.6. The molecule has 0 bridgehead atoms. The molecular formula is C9H11N5O3S. The van der Waals surface area contributed by atoms with Crippen LogP contribution < -0.4 is 5.43 Å². The van der Waals surface area contributed by atoms with Crippen molar-refractivity contribution in [2.45, 2.75) is 11.4 Å². The molecule has 0 aliphatic rings. The quantitative estimate of drug-likeness (QED) is 0.763. The van der Waals surface area contributed by atoms with Gasteiger partial charge >= 0.3 is 0 Å². The van der Waals surface area contributed by atoms with E-state index in [1.807, 2.05) is 0 Å². The molecule has 0 aliphatic heterocycles. The van der Waals surface area contributed by atoms with Crippen LogP contribution in [0.2, 0.25) is 0 Å². The van der Waals surface area contributed by atoms with Gasteiger partial charge in [0.05, 0.1) is 6.54 Å². The number of hydrogen-bond donors (Lipinski definition) is 2. The van der Waals surface area contributed by atoms with Crippen molar-refractivity contribution >= 4 is 10.0 Å². The molecule has 0 fully saturated rings. The Bertz CT molecular complexity index is 676. The van der Waals surface area contributed by atoms with Crippen molar-refractivity contribution in [2.24, 2.45) is 0 Å². The van der Waals surface area contributed by atoms with Crippen molar-refractivity contribution in [1.29, 1.82) is 0 Å². The SMILES string of the molecule is CN(Cc1ncn[nH]1)S(=O)(=O)c1c[nH]ccc1=O. The van der Waals surface area contributed by atoms with Gasteiger partial charge in [-0.1, -0.05) is 0 Å². The van der Waals surface area contributed by atoms with E-state index in [-0.39, 0.29) is 11.4 Å². The lowest BCUT2D eigenvalue weighted by Crippen LogP contribution is -2.30. The predicted molar refractivity (Wildman–Crippen MR) is 62.1 cm³/mol. The lowest BCUT2D eigenvalue weighted by Gasteiger charge is -2.14. The maximum Gasteiger partial charge on any atom is 0.248 e. The number of H-pyrrole nitrogens is 2. The first-order valence-electron chi connectivity index (χ1n) is 4.99. The highest BCUT2D eigenvalue weighted by Gasteiger charge is 2.24. The van der Waals surface area contributed by atoms with Gasteiger partial charge < -0.3 is 4.98 Å². The highest BCUT2D eigenvalue weighted by molar-refractivity contribution is 7.89. The number of nitrogens with zero attached hydrogens (tertiary/aromatic N) is 3. The molecule has 0 amide bonds. The Labute approximate surface area is 103 Å². The Kier molecular flexibility index (Phi) is 3.26. The molecule has 0 saturated carbocycles. The average Bonchev–Trinajstić information content (AvgIpc) is 2.82. The summed E-state index contributed by atoms with van der Waals surface area (Å²) in [5.74, 6) is 0.397. The summed E-state index contributed by atoms with van der Waals surface area (Å²) in [6, 6.07) is 1.16. The lowest BCUT2D eigenvalue weighted by molar-refractivity contribution is 0.456. The lowest BCUT2D eigenvalue weighted by atomic mass is 10.5. The summed E-state index contributed by atoms with van der Waals surface area (Å²) in [7, 11) is -2.48. The van der Waals surface area contributed by atoms with E-state index in [4.69, 9.17) is 0 Å². The number of sulfonamides is 1. The molecule has 0 spiro atoms. The Balaban J connectivity index is 2.32. The summed E-state index contributed by atoms with van der Waals surface area (Å²) in [6.07, 6.45) is 3.82. The molecule has 0 aromatic carbocycles. The predicted octanol–water partition coefficient (Wildman–Crippen LogP) is -0.686. The first kappa shape index (κ1) is 12.5. The van der Waals surface area contributed by atoms with Gasteiger partial charge in [0.25, 0.3) is 0 Å². The second-order valence-corrected chi connectivity index (χ2v) is 5.58. The molecule has 96 valence electrons. The number of nitrogens with one attached hydrogen (secondary N) is 2. The number of pyridine rings is 1. The summed E-state index contributed by atoms with van der Waals surface area (Å²) >= 11 is 0. The van der Waals surface area contributed by atoms with Gasteiger partial charge in [0.15, 0.2) is 0 Å². The monoisotopic (exact) mass is 269 g/mol.